The summed E-state index contributed by atoms with van der Waals surface area (Å²) in [6.07, 6.45) is -0.0730. The Morgan fingerprint density at radius 1 is 1.04 bits per heavy atom. The number of carbonyl (C=O) groups excluding carboxylic acids is 1. The Kier molecular flexibility index (Phi) is 6.19. The monoisotopic (exact) mass is 329 g/mol. The molecule has 126 valence electrons. The van der Waals surface area contributed by atoms with Crippen LogP contribution in [-0.4, -0.2) is 30.2 Å². The van der Waals surface area contributed by atoms with Gasteiger partial charge in [-0.1, -0.05) is 12.1 Å². The number of rotatable bonds is 8. The molecular formula is C18H19NO5. The second-order valence-electron chi connectivity index (χ2n) is 4.90. The van der Waals surface area contributed by atoms with Crippen molar-refractivity contribution in [3.63, 3.8) is 0 Å². The standard InChI is InChI=1S/C18H19NO5/c1-2-23-16-6-4-3-5-15(16)19-18(22)13-7-9-14(10-8-13)24-12-11-17(20)21/h3-10H,2,11-12H2,1H3,(H,19,22)(H,20,21). The van der Waals surface area contributed by atoms with Gasteiger partial charge in [0.05, 0.1) is 25.3 Å². The highest BCUT2D eigenvalue weighted by atomic mass is 16.5. The topological polar surface area (TPSA) is 84.9 Å². The molecule has 0 unspecified atom stereocenters. The third kappa shape index (κ3) is 5.01. The number of carboxylic acid groups (broad SMARTS) is 1. The molecule has 1 amide bonds. The van der Waals surface area contributed by atoms with E-state index in [2.05, 4.69) is 5.32 Å². The van der Waals surface area contributed by atoms with Crippen LogP contribution in [0.2, 0.25) is 0 Å². The molecule has 0 fully saturated rings. The van der Waals surface area contributed by atoms with Gasteiger partial charge in [-0.15, -0.1) is 0 Å². The average molecular weight is 329 g/mol. The first-order valence-corrected chi connectivity index (χ1v) is 7.58. The van der Waals surface area contributed by atoms with Crippen molar-refractivity contribution in [2.75, 3.05) is 18.5 Å². The molecule has 2 aromatic carbocycles. The van der Waals surface area contributed by atoms with Gasteiger partial charge in [-0.3, -0.25) is 9.59 Å². The van der Waals surface area contributed by atoms with Crippen molar-refractivity contribution in [2.45, 2.75) is 13.3 Å². The first-order chi connectivity index (χ1) is 11.6. The van der Waals surface area contributed by atoms with Crippen molar-refractivity contribution in [3.05, 3.63) is 54.1 Å². The van der Waals surface area contributed by atoms with Crippen molar-refractivity contribution < 1.29 is 24.2 Å². The zero-order valence-corrected chi connectivity index (χ0v) is 13.3. The van der Waals surface area contributed by atoms with Gasteiger partial charge in [-0.05, 0) is 43.3 Å². The summed E-state index contributed by atoms with van der Waals surface area (Å²) in [6.45, 7) is 2.47. The van der Waals surface area contributed by atoms with Crippen molar-refractivity contribution >= 4 is 17.6 Å². The molecule has 0 aromatic heterocycles. The van der Waals surface area contributed by atoms with E-state index in [1.54, 1.807) is 36.4 Å². The van der Waals surface area contributed by atoms with Gasteiger partial charge in [-0.25, -0.2) is 0 Å². The fourth-order valence-electron chi connectivity index (χ4n) is 2.00. The second-order valence-corrected chi connectivity index (χ2v) is 4.90. The second kappa shape index (κ2) is 8.57. The highest BCUT2D eigenvalue weighted by Crippen LogP contribution is 2.24. The summed E-state index contributed by atoms with van der Waals surface area (Å²) in [6, 6.07) is 13.7. The van der Waals surface area contributed by atoms with Gasteiger partial charge in [0.2, 0.25) is 0 Å². The summed E-state index contributed by atoms with van der Waals surface area (Å²) in [5, 5.41) is 11.4. The highest BCUT2D eigenvalue weighted by molar-refractivity contribution is 6.05. The predicted octanol–water partition coefficient (Wildman–Crippen LogP) is 3.19. The van der Waals surface area contributed by atoms with Gasteiger partial charge in [0.15, 0.2) is 0 Å². The Morgan fingerprint density at radius 2 is 1.75 bits per heavy atom. The summed E-state index contributed by atoms with van der Waals surface area (Å²) in [5.74, 6) is -0.0531. The lowest BCUT2D eigenvalue weighted by molar-refractivity contribution is -0.137. The van der Waals surface area contributed by atoms with Crippen molar-refractivity contribution in [1.29, 1.82) is 0 Å². The maximum Gasteiger partial charge on any atom is 0.306 e. The Hall–Kier alpha value is -3.02. The minimum absolute atomic E-state index is 0.0730. The summed E-state index contributed by atoms with van der Waals surface area (Å²) in [5.41, 5.74) is 1.07. The fraction of sp³-hybridized carbons (Fsp3) is 0.222. The third-order valence-corrected chi connectivity index (χ3v) is 3.14. The highest BCUT2D eigenvalue weighted by Gasteiger charge is 2.10. The van der Waals surface area contributed by atoms with Crippen molar-refractivity contribution in [3.8, 4) is 11.5 Å². The number of carboxylic acids is 1. The lowest BCUT2D eigenvalue weighted by Gasteiger charge is -2.11. The van der Waals surface area contributed by atoms with E-state index in [-0.39, 0.29) is 18.9 Å². The van der Waals surface area contributed by atoms with E-state index in [0.717, 1.165) is 0 Å². The molecule has 24 heavy (non-hydrogen) atoms. The first kappa shape index (κ1) is 17.3. The Morgan fingerprint density at radius 3 is 2.42 bits per heavy atom. The van der Waals surface area contributed by atoms with Crippen molar-refractivity contribution in [2.24, 2.45) is 0 Å². The maximum atomic E-state index is 12.3. The van der Waals surface area contributed by atoms with Crippen LogP contribution in [0, 0.1) is 0 Å². The quantitative estimate of drug-likeness (QED) is 0.777. The van der Waals surface area contributed by atoms with Crippen LogP contribution in [0.3, 0.4) is 0 Å². The molecule has 0 saturated heterocycles. The van der Waals surface area contributed by atoms with Crippen LogP contribution in [0.15, 0.2) is 48.5 Å². The molecule has 0 bridgehead atoms. The van der Waals surface area contributed by atoms with E-state index in [4.69, 9.17) is 14.6 Å². The van der Waals surface area contributed by atoms with Crippen LogP contribution >= 0.6 is 0 Å². The first-order valence-electron chi connectivity index (χ1n) is 7.58. The van der Waals surface area contributed by atoms with E-state index < -0.39 is 5.97 Å². The number of anilines is 1. The average Bonchev–Trinajstić information content (AvgIpc) is 2.57. The molecule has 0 heterocycles. The summed E-state index contributed by atoms with van der Waals surface area (Å²) in [4.78, 5) is 22.7. The number of hydrogen-bond acceptors (Lipinski definition) is 4. The molecule has 0 aliphatic rings. The van der Waals surface area contributed by atoms with E-state index in [1.165, 1.54) is 0 Å². The molecule has 2 rings (SSSR count). The largest absolute Gasteiger partial charge is 0.493 e. The SMILES string of the molecule is CCOc1ccccc1NC(=O)c1ccc(OCCC(=O)O)cc1. The number of hydrogen-bond donors (Lipinski definition) is 2. The number of ether oxygens (including phenoxy) is 2. The maximum absolute atomic E-state index is 12.3. The van der Waals surface area contributed by atoms with E-state index in [0.29, 0.717) is 29.4 Å². The van der Waals surface area contributed by atoms with Gasteiger partial charge >= 0.3 is 5.97 Å². The minimum Gasteiger partial charge on any atom is -0.493 e. The molecule has 0 aliphatic heterocycles. The molecule has 2 N–H and O–H groups in total. The Balaban J connectivity index is 1.99. The molecule has 0 atom stereocenters. The number of aliphatic carboxylic acids is 1. The zero-order chi connectivity index (χ0) is 17.4. The lowest BCUT2D eigenvalue weighted by atomic mass is 10.2. The van der Waals surface area contributed by atoms with Gasteiger partial charge in [0, 0.05) is 5.56 Å². The smallest absolute Gasteiger partial charge is 0.306 e. The molecule has 0 radical (unpaired) electrons. The number of nitrogens with one attached hydrogen (secondary N) is 1. The molecule has 6 heteroatoms. The summed E-state index contributed by atoms with van der Waals surface area (Å²) < 4.78 is 10.8. The van der Waals surface area contributed by atoms with Crippen LogP contribution < -0.4 is 14.8 Å². The fourth-order valence-corrected chi connectivity index (χ4v) is 2.00. The van der Waals surface area contributed by atoms with Gasteiger partial charge in [0.1, 0.15) is 11.5 Å². The lowest BCUT2D eigenvalue weighted by Crippen LogP contribution is -2.13. The van der Waals surface area contributed by atoms with Crippen LogP contribution in [0.4, 0.5) is 5.69 Å². The molecule has 0 saturated carbocycles. The summed E-state index contributed by atoms with van der Waals surface area (Å²) >= 11 is 0. The van der Waals surface area contributed by atoms with E-state index in [1.807, 2.05) is 19.1 Å². The van der Waals surface area contributed by atoms with Crippen LogP contribution in [-0.2, 0) is 4.79 Å². The summed E-state index contributed by atoms with van der Waals surface area (Å²) in [7, 11) is 0. The van der Waals surface area contributed by atoms with E-state index in [9.17, 15) is 9.59 Å². The molecule has 0 aliphatic carbocycles. The minimum atomic E-state index is -0.918. The molecule has 0 spiro atoms. The molecule has 6 nitrogen and oxygen atoms in total. The number of benzene rings is 2. The van der Waals surface area contributed by atoms with Crippen LogP contribution in [0.5, 0.6) is 11.5 Å². The molecular weight excluding hydrogens is 310 g/mol. The van der Waals surface area contributed by atoms with Gasteiger partial charge < -0.3 is 19.9 Å². The normalized spacial score (nSPS) is 10.0. The predicted molar refractivity (Wildman–Crippen MR) is 89.8 cm³/mol. The number of amides is 1. The Labute approximate surface area is 140 Å². The van der Waals surface area contributed by atoms with Gasteiger partial charge in [0.25, 0.3) is 5.91 Å². The van der Waals surface area contributed by atoms with Gasteiger partial charge in [-0.2, -0.15) is 0 Å². The van der Waals surface area contributed by atoms with Crippen LogP contribution in [0.25, 0.3) is 0 Å². The molecule has 2 aromatic rings. The Bertz CT molecular complexity index is 697. The number of para-hydroxylation sites is 2. The van der Waals surface area contributed by atoms with E-state index >= 15 is 0 Å². The zero-order valence-electron chi connectivity index (χ0n) is 13.3. The van der Waals surface area contributed by atoms with Crippen molar-refractivity contribution in [1.82, 2.24) is 0 Å². The van der Waals surface area contributed by atoms with Crippen LogP contribution in [0.1, 0.15) is 23.7 Å². The number of carbonyl (C=O) groups is 2. The third-order valence-electron chi connectivity index (χ3n) is 3.14.